The summed E-state index contributed by atoms with van der Waals surface area (Å²) in [6, 6.07) is -7.37. The number of unbranched alkanes of at least 4 members (excludes halogenated alkanes) is 5. The van der Waals surface area contributed by atoms with Gasteiger partial charge in [0.25, 0.3) is 0 Å². The molecule has 422 valence electrons. The van der Waals surface area contributed by atoms with E-state index in [1.807, 2.05) is 0 Å². The molecule has 16 atom stereocenters. The highest BCUT2D eigenvalue weighted by Crippen LogP contribution is 2.27. The number of hydrogen-bond acceptors (Lipinski definition) is 17. The summed E-state index contributed by atoms with van der Waals surface area (Å²) in [6.45, 7) is 6.76. The fourth-order valence-electron chi connectivity index (χ4n) is 9.79. The number of primary amides is 1. The summed E-state index contributed by atoms with van der Waals surface area (Å²) in [6.07, 6.45) is -10.2. The highest BCUT2D eigenvalue weighted by atomic mass is 16.4. The third kappa shape index (κ3) is 17.8. The summed E-state index contributed by atoms with van der Waals surface area (Å²) in [5, 5.41) is 110. The second-order valence-corrected chi connectivity index (χ2v) is 20.6. The Morgan fingerprint density at radius 2 is 1.32 bits per heavy atom. The van der Waals surface area contributed by atoms with Crippen molar-refractivity contribution in [2.45, 2.75) is 203 Å². The third-order valence-electron chi connectivity index (χ3n) is 14.3. The van der Waals surface area contributed by atoms with Crippen molar-refractivity contribution in [2.75, 3.05) is 13.1 Å². The maximum Gasteiger partial charge on any atom is 0.248 e. The van der Waals surface area contributed by atoms with Gasteiger partial charge in [0.2, 0.25) is 47.3 Å². The van der Waals surface area contributed by atoms with Crippen molar-refractivity contribution in [2.24, 2.45) is 17.6 Å². The summed E-state index contributed by atoms with van der Waals surface area (Å²) in [5.41, 5.74) is 5.21. The molecule has 0 bridgehead atoms. The normalized spacial score (nSPS) is 29.0. The molecule has 1 aromatic rings. The third-order valence-corrected chi connectivity index (χ3v) is 14.3. The Morgan fingerprint density at radius 1 is 0.720 bits per heavy atom. The Bertz CT molecular complexity index is 2100. The largest absolute Gasteiger partial charge is 0.508 e. The first kappa shape index (κ1) is 62.0. The minimum Gasteiger partial charge on any atom is -0.508 e. The van der Waals surface area contributed by atoms with Crippen LogP contribution in [-0.2, 0) is 38.4 Å². The van der Waals surface area contributed by atoms with E-state index in [4.69, 9.17) is 5.73 Å². The monoisotopic (exact) mass is 1070 g/mol. The number of nitrogens with one attached hydrogen (secondary N) is 5. The second kappa shape index (κ2) is 29.1. The molecule has 25 nitrogen and oxygen atoms in total. The zero-order valence-electron chi connectivity index (χ0n) is 43.1. The number of amides is 8. The first-order valence-electron chi connectivity index (χ1n) is 26.0. The number of hydrogen-bond donors (Lipinski definition) is 15. The van der Waals surface area contributed by atoms with Gasteiger partial charge in [-0.25, -0.2) is 0 Å². The number of phenols is 1. The molecule has 75 heavy (non-hydrogen) atoms. The van der Waals surface area contributed by atoms with Gasteiger partial charge in [-0.05, 0) is 55.7 Å². The predicted molar refractivity (Wildman–Crippen MR) is 265 cm³/mol. The Morgan fingerprint density at radius 3 is 1.95 bits per heavy atom. The lowest BCUT2D eigenvalue weighted by molar-refractivity contribution is -0.149. The van der Waals surface area contributed by atoms with Crippen LogP contribution >= 0.6 is 0 Å². The van der Waals surface area contributed by atoms with E-state index in [1.54, 1.807) is 0 Å². The fraction of sp³-hybridized carbons (Fsp3) is 0.720. The van der Waals surface area contributed by atoms with Gasteiger partial charge in [0, 0.05) is 32.4 Å². The van der Waals surface area contributed by atoms with Gasteiger partial charge in [-0.3, -0.25) is 38.4 Å². The van der Waals surface area contributed by atoms with Crippen LogP contribution in [0.15, 0.2) is 24.3 Å². The molecule has 16 unspecified atom stereocenters. The smallest absolute Gasteiger partial charge is 0.248 e. The summed E-state index contributed by atoms with van der Waals surface area (Å²) < 4.78 is 0. The number of carbonyl (C=O) groups excluding carboxylic acids is 8. The minimum atomic E-state index is -2.36. The maximum absolute atomic E-state index is 14.4. The highest BCUT2D eigenvalue weighted by Gasteiger charge is 2.49. The SMILES string of the molecule is CCC(C)CC(C)CCCCCCCCC(=O)NC1CC(O)C(O)N[13C](=O)C2C(O)CCN2C(=O)C(C(O)CC(N)=O)NC(=O)C(C(O)C(O)c2ccc(O)cc2)N[13C](=O)C2CC(O)CN2C(=O)C(C(C)O)NC1=O. The average Bonchev–Trinajstić information content (AvgIpc) is 3.95. The highest BCUT2D eigenvalue weighted by molar-refractivity contribution is 5.98. The van der Waals surface area contributed by atoms with Crippen molar-refractivity contribution in [1.29, 1.82) is 0 Å². The number of aliphatic hydroxyl groups excluding tert-OH is 8. The Labute approximate surface area is 436 Å². The van der Waals surface area contributed by atoms with Crippen LogP contribution < -0.4 is 32.3 Å². The van der Waals surface area contributed by atoms with E-state index in [1.165, 1.54) is 6.42 Å². The molecule has 8 amide bonds. The first-order chi connectivity index (χ1) is 35.3. The number of aliphatic hydroxyl groups is 8. The lowest BCUT2D eigenvalue weighted by atomic mass is 9.91. The standard InChI is InChI=1S/C50H80N8O17/c1-5-25(2)20-26(3)12-10-8-6-7-9-11-13-37(66)52-31-22-35(64)46(71)56-48(73)41-33(62)18-19-57(41)50(75)39(34(63)23-36(51)65)54-47(72)40(43(68)42(67)28-14-16-29(60)17-15-28)55-45(70)32-21-30(61)24-58(32)49(74)38(27(4)59)53-44(31)69/h14-17,25-27,30-35,38-43,46,59-64,67-68,71H,5-13,18-24H2,1-4H3,(H2,51,65)(H,52,66)(H,53,69)(H,54,72)(H,55,70)(H,56,73)/i45+1,48+1. The van der Waals surface area contributed by atoms with Crippen LogP contribution in [0.5, 0.6) is 5.75 Å². The molecule has 3 saturated heterocycles. The molecule has 0 spiro atoms. The van der Waals surface area contributed by atoms with Crippen molar-refractivity contribution in [1.82, 2.24) is 36.4 Å². The van der Waals surface area contributed by atoms with Gasteiger partial charge in [0.1, 0.15) is 60.3 Å². The van der Waals surface area contributed by atoms with Gasteiger partial charge in [-0.1, -0.05) is 77.8 Å². The summed E-state index contributed by atoms with van der Waals surface area (Å²) >= 11 is 0. The Hall–Kier alpha value is -5.54. The zero-order valence-corrected chi connectivity index (χ0v) is 43.1. The van der Waals surface area contributed by atoms with Crippen LogP contribution in [-0.4, -0.2) is 195 Å². The van der Waals surface area contributed by atoms with Crippen LogP contribution in [0, 0.1) is 11.8 Å². The van der Waals surface area contributed by atoms with Crippen LogP contribution in [0.4, 0.5) is 0 Å². The molecule has 3 aliphatic heterocycles. The molecular weight excluding hydrogens is 987 g/mol. The van der Waals surface area contributed by atoms with E-state index in [0.717, 1.165) is 74.6 Å². The van der Waals surface area contributed by atoms with E-state index in [-0.39, 0.29) is 24.2 Å². The topological polar surface area (TPSA) is 411 Å². The molecule has 3 fully saturated rings. The molecule has 3 heterocycles. The number of benzene rings is 1. The van der Waals surface area contributed by atoms with Gasteiger partial charge in [0.05, 0.1) is 30.8 Å². The number of phenolic OH excluding ortho intramolecular Hbond substituents is 1. The number of carbonyl (C=O) groups is 8. The van der Waals surface area contributed by atoms with E-state index in [2.05, 4.69) is 47.4 Å². The zero-order chi connectivity index (χ0) is 55.8. The number of fused-ring (bicyclic) bond motifs is 2. The van der Waals surface area contributed by atoms with Crippen molar-refractivity contribution in [3.8, 4) is 5.75 Å². The number of rotatable bonds is 20. The Balaban J connectivity index is 1.69. The number of nitrogens with zero attached hydrogens (tertiary/aromatic N) is 2. The molecule has 4 rings (SSSR count). The van der Waals surface area contributed by atoms with Crippen molar-refractivity contribution in [3.05, 3.63) is 29.8 Å². The van der Waals surface area contributed by atoms with Gasteiger partial charge >= 0.3 is 0 Å². The van der Waals surface area contributed by atoms with Crippen LogP contribution in [0.25, 0.3) is 0 Å². The Kier molecular flexibility index (Phi) is 24.1. The molecule has 0 radical (unpaired) electrons. The van der Waals surface area contributed by atoms with Crippen molar-refractivity contribution in [3.63, 3.8) is 0 Å². The van der Waals surface area contributed by atoms with Gasteiger partial charge in [-0.2, -0.15) is 0 Å². The molecule has 25 heteroatoms. The molecule has 3 aliphatic rings. The van der Waals surface area contributed by atoms with E-state index < -0.39 is 165 Å². The molecule has 16 N–H and O–H groups in total. The van der Waals surface area contributed by atoms with Gasteiger partial charge in [0.15, 0.2) is 6.23 Å². The number of aromatic hydroxyl groups is 1. The van der Waals surface area contributed by atoms with Crippen LogP contribution in [0.2, 0.25) is 0 Å². The first-order valence-corrected chi connectivity index (χ1v) is 26.0. The minimum absolute atomic E-state index is 0.0795. The summed E-state index contributed by atoms with van der Waals surface area (Å²) in [4.78, 5) is 112. The average molecular weight is 1070 g/mol. The van der Waals surface area contributed by atoms with Crippen molar-refractivity contribution < 1.29 is 84.3 Å². The van der Waals surface area contributed by atoms with Crippen LogP contribution in [0.3, 0.4) is 0 Å². The molecule has 1 aromatic carbocycles. The predicted octanol–water partition coefficient (Wildman–Crippen LogP) is -3.34. The maximum atomic E-state index is 14.4. The summed E-state index contributed by atoms with van der Waals surface area (Å²) in [7, 11) is 0. The van der Waals surface area contributed by atoms with E-state index in [9.17, 15) is 84.3 Å². The van der Waals surface area contributed by atoms with E-state index >= 15 is 0 Å². The lowest BCUT2D eigenvalue weighted by Crippen LogP contribution is -2.64. The second-order valence-electron chi connectivity index (χ2n) is 20.6. The molecule has 0 aliphatic carbocycles. The molecular formula is C50H80N8O17. The van der Waals surface area contributed by atoms with Crippen LogP contribution in [0.1, 0.15) is 129 Å². The van der Waals surface area contributed by atoms with Gasteiger partial charge < -0.3 is 88.1 Å². The quantitative estimate of drug-likeness (QED) is 0.0448. The van der Waals surface area contributed by atoms with Crippen molar-refractivity contribution >= 4 is 47.3 Å². The molecule has 0 saturated carbocycles. The summed E-state index contributed by atoms with van der Waals surface area (Å²) in [5.74, 6) is -8.59. The molecule has 0 aromatic heterocycles. The number of nitrogens with two attached hydrogens (primary N) is 1. The fourth-order valence-corrected chi connectivity index (χ4v) is 9.79. The van der Waals surface area contributed by atoms with Gasteiger partial charge in [-0.15, -0.1) is 0 Å². The van der Waals surface area contributed by atoms with E-state index in [0.29, 0.717) is 29.6 Å². The lowest BCUT2D eigenvalue weighted by Gasteiger charge is -2.34.